The van der Waals surface area contributed by atoms with Gasteiger partial charge >= 0.3 is 0 Å². The van der Waals surface area contributed by atoms with Gasteiger partial charge in [0.2, 0.25) is 0 Å². The van der Waals surface area contributed by atoms with Crippen molar-refractivity contribution in [3.8, 4) is 23.0 Å². The molecule has 2 rings (SSSR count). The van der Waals surface area contributed by atoms with Crippen molar-refractivity contribution in [3.63, 3.8) is 0 Å². The number of aromatic hydroxyl groups is 4. The maximum Gasteiger partial charge on any atom is 0.253 e. The number of aliphatic hydroxyl groups excluding tert-OH is 1. The summed E-state index contributed by atoms with van der Waals surface area (Å²) in [6.45, 7) is 0.0355. The largest absolute Gasteiger partial charge is 0.504 e. The topological polar surface area (TPSA) is 130 Å². The highest BCUT2D eigenvalue weighted by Crippen LogP contribution is 2.28. The second kappa shape index (κ2) is 6.23. The molecule has 7 nitrogen and oxygen atoms in total. The van der Waals surface area contributed by atoms with E-state index in [1.165, 1.54) is 30.3 Å². The number of benzene rings is 2. The van der Waals surface area contributed by atoms with Crippen LogP contribution in [0.4, 0.5) is 0 Å². The average Bonchev–Trinajstić information content (AvgIpc) is 2.50. The molecular weight excluding hydrogens is 290 g/mol. The summed E-state index contributed by atoms with van der Waals surface area (Å²) in [6, 6.07) is 7.64. The summed E-state index contributed by atoms with van der Waals surface area (Å²) in [5, 5.41) is 49.4. The van der Waals surface area contributed by atoms with Gasteiger partial charge in [0.15, 0.2) is 29.1 Å². The molecule has 1 atom stereocenters. The molecule has 0 aliphatic carbocycles. The van der Waals surface area contributed by atoms with E-state index in [4.69, 9.17) is 0 Å². The second-order valence-corrected chi connectivity index (χ2v) is 4.69. The molecule has 0 saturated heterocycles. The van der Waals surface area contributed by atoms with Gasteiger partial charge in [-0.05, 0) is 35.4 Å². The molecule has 116 valence electrons. The van der Waals surface area contributed by atoms with Crippen molar-refractivity contribution in [1.82, 2.24) is 5.32 Å². The number of aliphatic hydroxyl groups is 1. The Bertz CT molecular complexity index is 700. The summed E-state index contributed by atoms with van der Waals surface area (Å²) in [6.07, 6.45) is -1.52. The van der Waals surface area contributed by atoms with Crippen molar-refractivity contribution < 1.29 is 30.3 Å². The van der Waals surface area contributed by atoms with Crippen LogP contribution in [0.25, 0.3) is 0 Å². The minimum atomic E-state index is -1.52. The van der Waals surface area contributed by atoms with Crippen LogP contribution in [-0.2, 0) is 11.3 Å². The molecule has 7 heteroatoms. The second-order valence-electron chi connectivity index (χ2n) is 4.69. The van der Waals surface area contributed by atoms with Gasteiger partial charge in [-0.15, -0.1) is 0 Å². The Morgan fingerprint density at radius 2 is 1.50 bits per heavy atom. The van der Waals surface area contributed by atoms with Crippen molar-refractivity contribution in [1.29, 1.82) is 0 Å². The van der Waals surface area contributed by atoms with Crippen LogP contribution in [0.1, 0.15) is 17.2 Å². The van der Waals surface area contributed by atoms with E-state index in [0.29, 0.717) is 5.56 Å². The van der Waals surface area contributed by atoms with Crippen molar-refractivity contribution in [2.24, 2.45) is 0 Å². The summed E-state index contributed by atoms with van der Waals surface area (Å²) in [5.74, 6) is -2.08. The highest BCUT2D eigenvalue weighted by atomic mass is 16.3. The maximum atomic E-state index is 11.8. The third-order valence-corrected chi connectivity index (χ3v) is 3.07. The van der Waals surface area contributed by atoms with E-state index < -0.39 is 17.8 Å². The first kappa shape index (κ1) is 15.5. The van der Waals surface area contributed by atoms with Crippen LogP contribution in [-0.4, -0.2) is 31.4 Å². The van der Waals surface area contributed by atoms with Gasteiger partial charge in [-0.25, -0.2) is 0 Å². The molecule has 1 unspecified atom stereocenters. The van der Waals surface area contributed by atoms with Crippen LogP contribution >= 0.6 is 0 Å². The smallest absolute Gasteiger partial charge is 0.253 e. The van der Waals surface area contributed by atoms with Crippen LogP contribution in [0.15, 0.2) is 36.4 Å². The first-order valence-electron chi connectivity index (χ1n) is 6.37. The molecule has 0 aliphatic rings. The van der Waals surface area contributed by atoms with Gasteiger partial charge in [-0.2, -0.15) is 0 Å². The highest BCUT2D eigenvalue weighted by molar-refractivity contribution is 5.82. The fourth-order valence-electron chi connectivity index (χ4n) is 1.83. The Balaban J connectivity index is 2.01. The van der Waals surface area contributed by atoms with Gasteiger partial charge in [0.05, 0.1) is 0 Å². The molecule has 2 aromatic rings. The maximum absolute atomic E-state index is 11.8. The average molecular weight is 305 g/mol. The number of rotatable bonds is 4. The van der Waals surface area contributed by atoms with Crippen LogP contribution < -0.4 is 5.32 Å². The van der Waals surface area contributed by atoms with Gasteiger partial charge < -0.3 is 30.8 Å². The number of hydrogen-bond acceptors (Lipinski definition) is 6. The highest BCUT2D eigenvalue weighted by Gasteiger charge is 2.18. The standard InChI is InChI=1S/C15H15NO6/c17-10-3-1-8(5-12(10)19)7-16-15(22)14(21)9-2-4-11(18)13(20)6-9/h1-6,14,17-21H,7H2,(H,16,22). The number of nitrogens with one attached hydrogen (secondary N) is 1. The van der Waals surface area contributed by atoms with E-state index in [1.54, 1.807) is 0 Å². The zero-order chi connectivity index (χ0) is 16.3. The molecule has 22 heavy (non-hydrogen) atoms. The van der Waals surface area contributed by atoms with Crippen molar-refractivity contribution >= 4 is 5.91 Å². The van der Waals surface area contributed by atoms with E-state index in [9.17, 15) is 30.3 Å². The summed E-state index contributed by atoms with van der Waals surface area (Å²) >= 11 is 0. The first-order chi connectivity index (χ1) is 10.4. The van der Waals surface area contributed by atoms with Gasteiger partial charge in [-0.3, -0.25) is 4.79 Å². The lowest BCUT2D eigenvalue weighted by molar-refractivity contribution is -0.129. The number of amides is 1. The number of phenols is 4. The third-order valence-electron chi connectivity index (χ3n) is 3.07. The van der Waals surface area contributed by atoms with Gasteiger partial charge in [0.25, 0.3) is 5.91 Å². The minimum Gasteiger partial charge on any atom is -0.504 e. The lowest BCUT2D eigenvalue weighted by Crippen LogP contribution is -2.28. The zero-order valence-corrected chi connectivity index (χ0v) is 11.4. The molecule has 6 N–H and O–H groups in total. The van der Waals surface area contributed by atoms with Crippen LogP contribution in [0.5, 0.6) is 23.0 Å². The number of phenolic OH excluding ortho intramolecular Hbond substituents is 4. The predicted molar refractivity (Wildman–Crippen MR) is 76.3 cm³/mol. The van der Waals surface area contributed by atoms with Crippen molar-refractivity contribution in [2.45, 2.75) is 12.6 Å². The summed E-state index contributed by atoms with van der Waals surface area (Å²) in [7, 11) is 0. The molecule has 0 spiro atoms. The number of hydrogen-bond donors (Lipinski definition) is 6. The Morgan fingerprint density at radius 1 is 0.909 bits per heavy atom. The van der Waals surface area contributed by atoms with Gasteiger partial charge in [-0.1, -0.05) is 12.1 Å². The Labute approximate surface area is 125 Å². The van der Waals surface area contributed by atoms with Gasteiger partial charge in [0, 0.05) is 6.54 Å². The summed E-state index contributed by atoms with van der Waals surface area (Å²) in [5.41, 5.74) is 0.658. The van der Waals surface area contributed by atoms with Crippen LogP contribution in [0.2, 0.25) is 0 Å². The molecule has 0 radical (unpaired) electrons. The SMILES string of the molecule is O=C(NCc1ccc(O)c(O)c1)C(O)c1ccc(O)c(O)c1. The minimum absolute atomic E-state index is 0.0355. The molecule has 0 bridgehead atoms. The molecule has 0 heterocycles. The fraction of sp³-hybridized carbons (Fsp3) is 0.133. The lowest BCUT2D eigenvalue weighted by atomic mass is 10.1. The van der Waals surface area contributed by atoms with E-state index in [2.05, 4.69) is 5.32 Å². The van der Waals surface area contributed by atoms with E-state index in [0.717, 1.165) is 6.07 Å². The molecule has 0 aliphatic heterocycles. The zero-order valence-electron chi connectivity index (χ0n) is 11.4. The molecule has 2 aromatic carbocycles. The normalized spacial score (nSPS) is 11.9. The van der Waals surface area contributed by atoms with Crippen molar-refractivity contribution in [2.75, 3.05) is 0 Å². The molecule has 0 fully saturated rings. The summed E-state index contributed by atoms with van der Waals surface area (Å²) in [4.78, 5) is 11.8. The number of carbonyl (C=O) groups is 1. The third kappa shape index (κ3) is 3.39. The Morgan fingerprint density at radius 3 is 2.09 bits per heavy atom. The summed E-state index contributed by atoms with van der Waals surface area (Å²) < 4.78 is 0. The van der Waals surface area contributed by atoms with E-state index in [-0.39, 0.29) is 29.4 Å². The quantitative estimate of drug-likeness (QED) is 0.465. The van der Waals surface area contributed by atoms with Gasteiger partial charge in [0.1, 0.15) is 0 Å². The van der Waals surface area contributed by atoms with Crippen LogP contribution in [0.3, 0.4) is 0 Å². The first-order valence-corrected chi connectivity index (χ1v) is 6.37. The lowest BCUT2D eigenvalue weighted by Gasteiger charge is -2.12. The van der Waals surface area contributed by atoms with Crippen LogP contribution in [0, 0.1) is 0 Å². The van der Waals surface area contributed by atoms with E-state index in [1.807, 2.05) is 0 Å². The Hall–Kier alpha value is -2.93. The Kier molecular flexibility index (Phi) is 4.38. The van der Waals surface area contributed by atoms with E-state index >= 15 is 0 Å². The number of carbonyl (C=O) groups excluding carboxylic acids is 1. The fourth-order valence-corrected chi connectivity index (χ4v) is 1.83. The molecule has 1 amide bonds. The monoisotopic (exact) mass is 305 g/mol. The predicted octanol–water partition coefficient (Wildman–Crippen LogP) is 0.859. The van der Waals surface area contributed by atoms with Crippen molar-refractivity contribution in [3.05, 3.63) is 47.5 Å². The molecule has 0 aromatic heterocycles. The molecular formula is C15H15NO6. The molecule has 0 saturated carbocycles.